The van der Waals surface area contributed by atoms with E-state index in [2.05, 4.69) is 73.5 Å². The molecule has 0 bridgehead atoms. The van der Waals surface area contributed by atoms with Crippen LogP contribution in [0, 0.1) is 0 Å². The molecule has 0 aromatic heterocycles. The Bertz CT molecular complexity index is 905. The van der Waals surface area contributed by atoms with Crippen molar-refractivity contribution in [2.45, 2.75) is 88.4 Å². The fraction of sp³-hybridized carbons (Fsp3) is 0.516. The Labute approximate surface area is 217 Å². The quantitative estimate of drug-likeness (QED) is 0.196. The fourth-order valence-electron chi connectivity index (χ4n) is 4.75. The molecule has 0 radical (unpaired) electrons. The van der Waals surface area contributed by atoms with Gasteiger partial charge in [0.05, 0.1) is 0 Å². The monoisotopic (exact) mass is 493 g/mol. The third kappa shape index (κ3) is 9.16. The maximum Gasteiger partial charge on any atom is 0.306 e. The minimum atomic E-state index is -0.0829. The summed E-state index contributed by atoms with van der Waals surface area (Å²) in [6.07, 6.45) is 12.3. The van der Waals surface area contributed by atoms with E-state index in [-0.39, 0.29) is 12.1 Å². The summed E-state index contributed by atoms with van der Waals surface area (Å²) in [4.78, 5) is 15.8. The Morgan fingerprint density at radius 1 is 1.00 bits per heavy atom. The molecule has 1 atom stereocenters. The number of carbonyl (C=O) groups excluding carboxylic acids is 1. The third-order valence-electron chi connectivity index (χ3n) is 6.61. The highest BCUT2D eigenvalue weighted by Gasteiger charge is 2.18. The lowest BCUT2D eigenvalue weighted by Gasteiger charge is -2.21. The number of unbranched alkanes of at least 4 members (excludes halogenated alkanes) is 6. The van der Waals surface area contributed by atoms with Gasteiger partial charge in [0.15, 0.2) is 0 Å². The standard InChI is InChI=1S/C31H43NO2S/c1-4-5-6-7-8-9-10-21-31(33)34-25(2)23-32(3)22-15-19-28-27-17-12-11-16-26(27)24-35-30-20-14-13-18-29(28)30/h11-14,16-20,25H,4-10,15,21-24H2,1-3H3. The molecule has 0 fully saturated rings. The molecular weight excluding hydrogens is 450 g/mol. The van der Waals surface area contributed by atoms with Crippen LogP contribution in [-0.4, -0.2) is 37.1 Å². The Balaban J connectivity index is 1.45. The summed E-state index contributed by atoms with van der Waals surface area (Å²) in [5.41, 5.74) is 5.41. The number of rotatable bonds is 14. The summed E-state index contributed by atoms with van der Waals surface area (Å²) >= 11 is 1.92. The van der Waals surface area contributed by atoms with E-state index in [1.54, 1.807) is 0 Å². The van der Waals surface area contributed by atoms with Crippen molar-refractivity contribution >= 4 is 23.3 Å². The Hall–Kier alpha value is -2.04. The predicted octanol–water partition coefficient (Wildman–Crippen LogP) is 8.12. The summed E-state index contributed by atoms with van der Waals surface area (Å²) in [6.45, 7) is 5.93. The van der Waals surface area contributed by atoms with Gasteiger partial charge in [0.2, 0.25) is 0 Å². The molecule has 2 aromatic rings. The molecule has 0 saturated heterocycles. The lowest BCUT2D eigenvalue weighted by Crippen LogP contribution is -2.31. The number of fused-ring (bicyclic) bond motifs is 2. The Kier molecular flexibility index (Phi) is 11.9. The number of esters is 1. The molecule has 4 heteroatoms. The van der Waals surface area contributed by atoms with Crippen LogP contribution in [0.1, 0.15) is 88.3 Å². The van der Waals surface area contributed by atoms with Crippen LogP contribution >= 0.6 is 11.8 Å². The molecule has 1 aliphatic rings. The highest BCUT2D eigenvalue weighted by atomic mass is 32.2. The van der Waals surface area contributed by atoms with Crippen LogP contribution in [0.25, 0.3) is 5.57 Å². The summed E-state index contributed by atoms with van der Waals surface area (Å²) in [5.74, 6) is 0.956. The summed E-state index contributed by atoms with van der Waals surface area (Å²) in [6, 6.07) is 17.5. The molecule has 35 heavy (non-hydrogen) atoms. The van der Waals surface area contributed by atoms with E-state index in [9.17, 15) is 4.79 Å². The van der Waals surface area contributed by atoms with Gasteiger partial charge in [-0.1, -0.05) is 94.0 Å². The SMILES string of the molecule is CCCCCCCCCC(=O)OC(C)CN(C)CCC=C1c2ccccc2CSc2ccccc21. The molecule has 0 N–H and O–H groups in total. The maximum absolute atomic E-state index is 12.2. The summed E-state index contributed by atoms with van der Waals surface area (Å²) < 4.78 is 5.67. The summed E-state index contributed by atoms with van der Waals surface area (Å²) in [5, 5.41) is 0. The number of hydrogen-bond acceptors (Lipinski definition) is 4. The zero-order valence-electron chi connectivity index (χ0n) is 21.9. The second-order valence-electron chi connectivity index (χ2n) is 9.78. The first-order valence-electron chi connectivity index (χ1n) is 13.5. The highest BCUT2D eigenvalue weighted by molar-refractivity contribution is 7.98. The molecule has 3 rings (SSSR count). The molecule has 1 aliphatic heterocycles. The highest BCUT2D eigenvalue weighted by Crippen LogP contribution is 2.40. The van der Waals surface area contributed by atoms with Crippen LogP contribution in [0.15, 0.2) is 59.5 Å². The minimum absolute atomic E-state index is 0.0502. The van der Waals surface area contributed by atoms with Gasteiger partial charge < -0.3 is 9.64 Å². The van der Waals surface area contributed by atoms with Crippen LogP contribution in [0.2, 0.25) is 0 Å². The number of hydrogen-bond donors (Lipinski definition) is 0. The van der Waals surface area contributed by atoms with Crippen molar-refractivity contribution in [3.05, 3.63) is 71.3 Å². The van der Waals surface area contributed by atoms with Crippen molar-refractivity contribution in [3.8, 4) is 0 Å². The number of nitrogens with zero attached hydrogens (tertiary/aromatic N) is 1. The van der Waals surface area contributed by atoms with Gasteiger partial charge in [-0.15, -0.1) is 11.8 Å². The largest absolute Gasteiger partial charge is 0.461 e. The molecule has 190 valence electrons. The Morgan fingerprint density at radius 3 is 2.49 bits per heavy atom. The second kappa shape index (κ2) is 15.2. The van der Waals surface area contributed by atoms with Crippen LogP contribution in [0.4, 0.5) is 0 Å². The molecular formula is C31H43NO2S. The van der Waals surface area contributed by atoms with Gasteiger partial charge >= 0.3 is 5.97 Å². The molecule has 0 amide bonds. The molecule has 2 aromatic carbocycles. The topological polar surface area (TPSA) is 29.5 Å². The van der Waals surface area contributed by atoms with E-state index in [1.165, 1.54) is 59.3 Å². The first-order chi connectivity index (χ1) is 17.1. The lowest BCUT2D eigenvalue weighted by molar-refractivity contribution is -0.149. The van der Waals surface area contributed by atoms with Crippen molar-refractivity contribution in [2.24, 2.45) is 0 Å². The number of likely N-dealkylation sites (N-methyl/N-ethyl adjacent to an activating group) is 1. The van der Waals surface area contributed by atoms with Gasteiger partial charge in [0.1, 0.15) is 6.10 Å². The molecule has 1 unspecified atom stereocenters. The van der Waals surface area contributed by atoms with E-state index in [4.69, 9.17) is 4.74 Å². The zero-order valence-corrected chi connectivity index (χ0v) is 22.7. The fourth-order valence-corrected chi connectivity index (χ4v) is 5.82. The second-order valence-corrected chi connectivity index (χ2v) is 10.8. The van der Waals surface area contributed by atoms with Crippen LogP contribution in [0.5, 0.6) is 0 Å². The van der Waals surface area contributed by atoms with Crippen molar-refractivity contribution < 1.29 is 9.53 Å². The Morgan fingerprint density at radius 2 is 1.69 bits per heavy atom. The number of carbonyl (C=O) groups is 1. The van der Waals surface area contributed by atoms with E-state index in [0.717, 1.165) is 38.1 Å². The first kappa shape index (κ1) is 27.5. The molecule has 0 saturated carbocycles. The lowest BCUT2D eigenvalue weighted by atomic mass is 9.93. The van der Waals surface area contributed by atoms with Gasteiger partial charge in [-0.2, -0.15) is 0 Å². The zero-order chi connectivity index (χ0) is 24.9. The maximum atomic E-state index is 12.2. The van der Waals surface area contributed by atoms with E-state index in [0.29, 0.717) is 6.42 Å². The molecule has 0 aliphatic carbocycles. The number of benzene rings is 2. The van der Waals surface area contributed by atoms with Gasteiger partial charge in [-0.25, -0.2) is 0 Å². The van der Waals surface area contributed by atoms with Crippen molar-refractivity contribution in [3.63, 3.8) is 0 Å². The smallest absolute Gasteiger partial charge is 0.306 e. The van der Waals surface area contributed by atoms with Crippen molar-refractivity contribution in [2.75, 3.05) is 20.1 Å². The molecule has 0 spiro atoms. The minimum Gasteiger partial charge on any atom is -0.461 e. The van der Waals surface area contributed by atoms with Crippen LogP contribution in [-0.2, 0) is 15.3 Å². The van der Waals surface area contributed by atoms with Gasteiger partial charge in [0.25, 0.3) is 0 Å². The van der Waals surface area contributed by atoms with Gasteiger partial charge in [-0.05, 0) is 55.1 Å². The normalized spacial score (nSPS) is 14.9. The molecule has 1 heterocycles. The predicted molar refractivity (Wildman–Crippen MR) is 150 cm³/mol. The average Bonchev–Trinajstić information content (AvgIpc) is 3.00. The van der Waals surface area contributed by atoms with E-state index in [1.807, 2.05) is 18.7 Å². The first-order valence-corrected chi connectivity index (χ1v) is 14.5. The van der Waals surface area contributed by atoms with E-state index >= 15 is 0 Å². The number of thioether (sulfide) groups is 1. The number of ether oxygens (including phenoxy) is 1. The van der Waals surface area contributed by atoms with E-state index < -0.39 is 0 Å². The van der Waals surface area contributed by atoms with Crippen molar-refractivity contribution in [1.29, 1.82) is 0 Å². The van der Waals surface area contributed by atoms with Crippen molar-refractivity contribution in [1.82, 2.24) is 4.90 Å². The van der Waals surface area contributed by atoms with Crippen LogP contribution < -0.4 is 0 Å². The summed E-state index contributed by atoms with van der Waals surface area (Å²) in [7, 11) is 2.12. The van der Waals surface area contributed by atoms with Gasteiger partial charge in [-0.3, -0.25) is 4.79 Å². The average molecular weight is 494 g/mol. The van der Waals surface area contributed by atoms with Gasteiger partial charge in [0, 0.05) is 30.2 Å². The van der Waals surface area contributed by atoms with Crippen LogP contribution in [0.3, 0.4) is 0 Å². The molecule has 3 nitrogen and oxygen atoms in total. The third-order valence-corrected chi connectivity index (χ3v) is 7.74.